The Morgan fingerprint density at radius 3 is 3.00 bits per heavy atom. The van der Waals surface area contributed by atoms with Crippen LogP contribution in [-0.2, 0) is 6.54 Å². The van der Waals surface area contributed by atoms with Crippen LogP contribution in [0.25, 0.3) is 10.9 Å². The first-order valence-electron chi connectivity index (χ1n) is 5.79. The van der Waals surface area contributed by atoms with Gasteiger partial charge in [-0.3, -0.25) is 10.1 Å². The zero-order valence-electron chi connectivity index (χ0n) is 10.0. The van der Waals surface area contributed by atoms with Gasteiger partial charge in [0.25, 0.3) is 0 Å². The van der Waals surface area contributed by atoms with Gasteiger partial charge in [0.1, 0.15) is 0 Å². The number of fused-ring (bicyclic) bond motifs is 1. The summed E-state index contributed by atoms with van der Waals surface area (Å²) in [4.78, 5) is 4.32. The van der Waals surface area contributed by atoms with Crippen molar-refractivity contribution in [2.45, 2.75) is 6.54 Å². The van der Waals surface area contributed by atoms with Crippen molar-refractivity contribution in [3.8, 4) is 0 Å². The number of nitrogens with zero attached hydrogens (tertiary/aromatic N) is 2. The molecule has 0 aliphatic carbocycles. The Morgan fingerprint density at radius 2 is 2.21 bits per heavy atom. The Bertz CT molecular complexity index is 703. The van der Waals surface area contributed by atoms with Gasteiger partial charge in [-0.1, -0.05) is 15.9 Å². The molecule has 0 saturated carbocycles. The van der Waals surface area contributed by atoms with Gasteiger partial charge >= 0.3 is 0 Å². The van der Waals surface area contributed by atoms with E-state index in [1.54, 1.807) is 12.4 Å². The standard InChI is InChI=1S/C13H12BrN5/c14-9-1-2-12-10(3-9)13(11(15)7-16-12)17-4-8-5-18-19-6-8/h1-3,5-7H,4,15H2,(H,16,17)(H,18,19). The molecule has 3 aromatic rings. The number of rotatable bonds is 3. The molecule has 0 radical (unpaired) electrons. The second-order valence-corrected chi connectivity index (χ2v) is 5.13. The lowest BCUT2D eigenvalue weighted by Crippen LogP contribution is -2.03. The largest absolute Gasteiger partial charge is 0.396 e. The minimum Gasteiger partial charge on any atom is -0.396 e. The van der Waals surface area contributed by atoms with Crippen LogP contribution >= 0.6 is 15.9 Å². The van der Waals surface area contributed by atoms with Crippen LogP contribution in [0.1, 0.15) is 5.56 Å². The van der Waals surface area contributed by atoms with E-state index >= 15 is 0 Å². The van der Waals surface area contributed by atoms with Crippen LogP contribution in [0.15, 0.2) is 41.3 Å². The number of nitrogens with one attached hydrogen (secondary N) is 2. The molecule has 6 heteroatoms. The monoisotopic (exact) mass is 317 g/mol. The molecule has 0 unspecified atom stereocenters. The van der Waals surface area contributed by atoms with Gasteiger partial charge in [-0.25, -0.2) is 0 Å². The Balaban J connectivity index is 2.01. The van der Waals surface area contributed by atoms with Crippen molar-refractivity contribution in [2.24, 2.45) is 0 Å². The van der Waals surface area contributed by atoms with Gasteiger partial charge in [-0.2, -0.15) is 5.10 Å². The molecule has 3 rings (SSSR count). The third-order valence-corrected chi connectivity index (χ3v) is 3.38. The average molecular weight is 318 g/mol. The number of benzene rings is 1. The summed E-state index contributed by atoms with van der Waals surface area (Å²) in [6.07, 6.45) is 5.30. The highest BCUT2D eigenvalue weighted by molar-refractivity contribution is 9.10. The number of aromatic amines is 1. The van der Waals surface area contributed by atoms with Crippen LogP contribution in [0.3, 0.4) is 0 Å². The van der Waals surface area contributed by atoms with Gasteiger partial charge in [-0.05, 0) is 18.2 Å². The van der Waals surface area contributed by atoms with Crippen molar-refractivity contribution in [2.75, 3.05) is 11.1 Å². The smallest absolute Gasteiger partial charge is 0.0743 e. The molecule has 0 fully saturated rings. The predicted molar refractivity (Wildman–Crippen MR) is 79.8 cm³/mol. The van der Waals surface area contributed by atoms with Gasteiger partial charge < -0.3 is 11.1 Å². The van der Waals surface area contributed by atoms with Crippen LogP contribution in [0.2, 0.25) is 0 Å². The molecule has 19 heavy (non-hydrogen) atoms. The fraction of sp³-hybridized carbons (Fsp3) is 0.0769. The van der Waals surface area contributed by atoms with Crippen molar-refractivity contribution in [3.05, 3.63) is 46.8 Å². The molecule has 5 nitrogen and oxygen atoms in total. The topological polar surface area (TPSA) is 79.6 Å². The van der Waals surface area contributed by atoms with Crippen molar-refractivity contribution in [3.63, 3.8) is 0 Å². The lowest BCUT2D eigenvalue weighted by Gasteiger charge is -2.11. The van der Waals surface area contributed by atoms with E-state index in [0.717, 1.165) is 26.6 Å². The first-order chi connectivity index (χ1) is 9.24. The lowest BCUT2D eigenvalue weighted by molar-refractivity contribution is 1.09. The van der Waals surface area contributed by atoms with Gasteiger partial charge in [0, 0.05) is 28.2 Å². The highest BCUT2D eigenvalue weighted by atomic mass is 79.9. The maximum Gasteiger partial charge on any atom is 0.0743 e. The molecule has 96 valence electrons. The third kappa shape index (κ3) is 2.39. The van der Waals surface area contributed by atoms with Crippen LogP contribution in [0.5, 0.6) is 0 Å². The van der Waals surface area contributed by atoms with Crippen molar-refractivity contribution >= 4 is 38.2 Å². The maximum absolute atomic E-state index is 6.01. The SMILES string of the molecule is Nc1cnc2ccc(Br)cc2c1NCc1cn[nH]c1. The van der Waals surface area contributed by atoms with E-state index in [4.69, 9.17) is 5.73 Å². The molecule has 0 aliphatic heterocycles. The zero-order chi connectivity index (χ0) is 13.2. The summed E-state index contributed by atoms with van der Waals surface area (Å²) in [5.41, 5.74) is 9.52. The number of nitrogens with two attached hydrogens (primary N) is 1. The first-order valence-corrected chi connectivity index (χ1v) is 6.58. The van der Waals surface area contributed by atoms with Crippen LogP contribution in [0.4, 0.5) is 11.4 Å². The molecule has 0 saturated heterocycles. The minimum absolute atomic E-state index is 0.633. The number of hydrogen-bond acceptors (Lipinski definition) is 4. The minimum atomic E-state index is 0.633. The van der Waals surface area contributed by atoms with Gasteiger partial charge in [0.2, 0.25) is 0 Å². The van der Waals surface area contributed by atoms with E-state index in [1.165, 1.54) is 0 Å². The zero-order valence-corrected chi connectivity index (χ0v) is 11.6. The molecule has 0 aliphatic rings. The second-order valence-electron chi connectivity index (χ2n) is 4.21. The number of hydrogen-bond donors (Lipinski definition) is 3. The summed E-state index contributed by atoms with van der Waals surface area (Å²) in [5, 5.41) is 11.0. The highest BCUT2D eigenvalue weighted by Crippen LogP contribution is 2.30. The van der Waals surface area contributed by atoms with E-state index in [1.807, 2.05) is 24.4 Å². The van der Waals surface area contributed by atoms with E-state index in [-0.39, 0.29) is 0 Å². The maximum atomic E-state index is 6.01. The molecule has 2 heterocycles. The highest BCUT2D eigenvalue weighted by Gasteiger charge is 2.07. The third-order valence-electron chi connectivity index (χ3n) is 2.88. The normalized spacial score (nSPS) is 10.8. The predicted octanol–water partition coefficient (Wildman–Crippen LogP) is 2.91. The Hall–Kier alpha value is -2.08. The molecule has 0 spiro atoms. The first kappa shape index (κ1) is 12.0. The summed E-state index contributed by atoms with van der Waals surface area (Å²) in [7, 11) is 0. The number of H-pyrrole nitrogens is 1. The van der Waals surface area contributed by atoms with Gasteiger partial charge in [-0.15, -0.1) is 0 Å². The molecule has 4 N–H and O–H groups in total. The van der Waals surface area contributed by atoms with Gasteiger partial charge in [0.15, 0.2) is 0 Å². The van der Waals surface area contributed by atoms with Gasteiger partial charge in [0.05, 0.1) is 29.3 Å². The Morgan fingerprint density at radius 1 is 1.32 bits per heavy atom. The fourth-order valence-corrected chi connectivity index (χ4v) is 2.30. The molecule has 0 amide bonds. The molecule has 2 aromatic heterocycles. The quantitative estimate of drug-likeness (QED) is 0.694. The second kappa shape index (κ2) is 4.89. The van der Waals surface area contributed by atoms with E-state index in [9.17, 15) is 0 Å². The summed E-state index contributed by atoms with van der Waals surface area (Å²) >= 11 is 3.47. The van der Waals surface area contributed by atoms with Crippen LogP contribution in [-0.4, -0.2) is 15.2 Å². The van der Waals surface area contributed by atoms with Crippen molar-refractivity contribution < 1.29 is 0 Å². The van der Waals surface area contributed by atoms with E-state index < -0.39 is 0 Å². The van der Waals surface area contributed by atoms with Crippen LogP contribution in [0, 0.1) is 0 Å². The number of anilines is 2. The van der Waals surface area contributed by atoms with Crippen molar-refractivity contribution in [1.82, 2.24) is 15.2 Å². The molecular formula is C13H12BrN5. The van der Waals surface area contributed by atoms with E-state index in [0.29, 0.717) is 12.2 Å². The Kier molecular flexibility index (Phi) is 3.08. The summed E-state index contributed by atoms with van der Waals surface area (Å²) in [6.45, 7) is 0.659. The van der Waals surface area contributed by atoms with Crippen LogP contribution < -0.4 is 11.1 Å². The molecule has 0 atom stereocenters. The molecule has 0 bridgehead atoms. The fourth-order valence-electron chi connectivity index (χ4n) is 1.94. The number of aromatic nitrogens is 3. The summed E-state index contributed by atoms with van der Waals surface area (Å²) in [5.74, 6) is 0. The average Bonchev–Trinajstić information content (AvgIpc) is 2.91. The van der Waals surface area contributed by atoms with Crippen molar-refractivity contribution in [1.29, 1.82) is 0 Å². The number of nitrogen functional groups attached to an aromatic ring is 1. The van der Waals surface area contributed by atoms with E-state index in [2.05, 4.69) is 36.4 Å². The number of halogens is 1. The summed E-state index contributed by atoms with van der Waals surface area (Å²) < 4.78 is 0.999. The Labute approximate surface area is 118 Å². The molecule has 1 aromatic carbocycles. The molecular weight excluding hydrogens is 306 g/mol. The number of pyridine rings is 1. The lowest BCUT2D eigenvalue weighted by atomic mass is 10.1. The summed E-state index contributed by atoms with van der Waals surface area (Å²) in [6, 6.07) is 5.93.